The molecule has 0 aliphatic heterocycles. The van der Waals surface area contributed by atoms with Crippen molar-refractivity contribution in [2.45, 2.75) is 46.5 Å². The number of carbonyl (C=O) groups is 1. The predicted octanol–water partition coefficient (Wildman–Crippen LogP) is 3.38. The number of ether oxygens (including phenoxy) is 2. The number of nitrogens with one attached hydrogen (secondary N) is 2. The van der Waals surface area contributed by atoms with Gasteiger partial charge in [-0.05, 0) is 24.5 Å². The molecule has 3 aromatic rings. The number of nitrogens with zero attached hydrogens (tertiary/aromatic N) is 2. The van der Waals surface area contributed by atoms with E-state index in [1.165, 1.54) is 0 Å². The number of rotatable bonds is 11. The van der Waals surface area contributed by atoms with E-state index in [0.717, 1.165) is 58.3 Å². The van der Waals surface area contributed by atoms with Crippen LogP contribution in [0.25, 0.3) is 21.9 Å². The van der Waals surface area contributed by atoms with Gasteiger partial charge in [-0.3, -0.25) is 4.79 Å². The molecule has 0 fully saturated rings. The summed E-state index contributed by atoms with van der Waals surface area (Å²) >= 11 is 0. The smallest absolute Gasteiger partial charge is 0.222 e. The molecule has 168 valence electrons. The first-order valence-corrected chi connectivity index (χ1v) is 10.9. The number of aryl methyl sites for hydroxylation is 1. The third-order valence-electron chi connectivity index (χ3n) is 5.14. The first kappa shape index (κ1) is 22.8. The molecule has 2 aromatic heterocycles. The fourth-order valence-corrected chi connectivity index (χ4v) is 3.54. The molecule has 4 N–H and O–H groups in total. The maximum atomic E-state index is 11.7. The Morgan fingerprint density at radius 1 is 1.23 bits per heavy atom. The van der Waals surface area contributed by atoms with E-state index in [1.54, 1.807) is 7.11 Å². The fraction of sp³-hybridized carbons (Fsp3) is 0.522. The number of hydrogen-bond donors (Lipinski definition) is 3. The van der Waals surface area contributed by atoms with E-state index in [2.05, 4.69) is 28.3 Å². The highest BCUT2D eigenvalue weighted by Gasteiger charge is 2.16. The number of carbonyl (C=O) groups excluding carboxylic acids is 1. The zero-order valence-electron chi connectivity index (χ0n) is 18.9. The Kier molecular flexibility index (Phi) is 7.68. The molecule has 8 heteroatoms. The first-order valence-electron chi connectivity index (χ1n) is 10.9. The lowest BCUT2D eigenvalue weighted by molar-refractivity contribution is -0.123. The summed E-state index contributed by atoms with van der Waals surface area (Å²) in [6.07, 6.45) is 3.30. The Bertz CT molecular complexity index is 1040. The van der Waals surface area contributed by atoms with Crippen molar-refractivity contribution in [2.24, 2.45) is 5.92 Å². The van der Waals surface area contributed by atoms with Gasteiger partial charge in [0.1, 0.15) is 28.4 Å². The second-order valence-electron chi connectivity index (χ2n) is 8.02. The van der Waals surface area contributed by atoms with Crippen molar-refractivity contribution < 1.29 is 14.3 Å². The maximum absolute atomic E-state index is 11.7. The van der Waals surface area contributed by atoms with Crippen LogP contribution in [0.1, 0.15) is 45.0 Å². The van der Waals surface area contributed by atoms with Crippen molar-refractivity contribution in [3.63, 3.8) is 0 Å². The zero-order valence-corrected chi connectivity index (χ0v) is 18.9. The molecular formula is C23H33N5O3. The molecule has 0 bridgehead atoms. The summed E-state index contributed by atoms with van der Waals surface area (Å²) < 4.78 is 11.1. The van der Waals surface area contributed by atoms with E-state index < -0.39 is 0 Å². The van der Waals surface area contributed by atoms with Gasteiger partial charge in [-0.2, -0.15) is 0 Å². The van der Waals surface area contributed by atoms with Crippen molar-refractivity contribution in [1.82, 2.24) is 20.3 Å². The standard InChI is InChI=1S/C23H33N5O3/c1-5-7-15-12-16(31-10-6-9-25-23(29)14(2)3)13-17-19(15)20-21(22(24)26-17)28-18(27-20)8-11-30-4/h12-14H,5-11H2,1-4H3,(H2,24,26)(H,25,29)(H,27,28). The lowest BCUT2D eigenvalue weighted by Crippen LogP contribution is -2.29. The number of imidazole rings is 1. The Hall–Kier alpha value is -2.87. The summed E-state index contributed by atoms with van der Waals surface area (Å²) in [6.45, 7) is 7.60. The highest BCUT2D eigenvalue weighted by atomic mass is 16.5. The number of pyridine rings is 1. The lowest BCUT2D eigenvalue weighted by atomic mass is 10.0. The van der Waals surface area contributed by atoms with Crippen LogP contribution in [-0.4, -0.2) is 47.7 Å². The number of hydrogen-bond acceptors (Lipinski definition) is 6. The number of nitrogens with two attached hydrogens (primary N) is 1. The number of nitrogen functional groups attached to an aromatic ring is 1. The highest BCUT2D eigenvalue weighted by Crippen LogP contribution is 2.33. The normalized spacial score (nSPS) is 11.5. The maximum Gasteiger partial charge on any atom is 0.222 e. The van der Waals surface area contributed by atoms with E-state index >= 15 is 0 Å². The summed E-state index contributed by atoms with van der Waals surface area (Å²) in [4.78, 5) is 24.4. The van der Waals surface area contributed by atoms with Crippen LogP contribution in [-0.2, 0) is 22.4 Å². The van der Waals surface area contributed by atoms with Crippen LogP contribution in [0.5, 0.6) is 5.75 Å². The van der Waals surface area contributed by atoms with Gasteiger partial charge in [-0.15, -0.1) is 0 Å². The van der Waals surface area contributed by atoms with Gasteiger partial charge in [0, 0.05) is 37.4 Å². The third kappa shape index (κ3) is 5.44. The van der Waals surface area contributed by atoms with Crippen molar-refractivity contribution >= 4 is 33.7 Å². The highest BCUT2D eigenvalue weighted by molar-refractivity contribution is 6.08. The second-order valence-corrected chi connectivity index (χ2v) is 8.02. The largest absolute Gasteiger partial charge is 0.493 e. The van der Waals surface area contributed by atoms with Crippen LogP contribution in [0.3, 0.4) is 0 Å². The van der Waals surface area contributed by atoms with E-state index in [0.29, 0.717) is 32.0 Å². The molecule has 0 atom stereocenters. The Labute approximate surface area is 182 Å². The average molecular weight is 428 g/mol. The van der Waals surface area contributed by atoms with Gasteiger partial charge in [-0.1, -0.05) is 27.2 Å². The lowest BCUT2D eigenvalue weighted by Gasteiger charge is -2.13. The molecule has 31 heavy (non-hydrogen) atoms. The van der Waals surface area contributed by atoms with Gasteiger partial charge in [0.25, 0.3) is 0 Å². The minimum atomic E-state index is -0.0107. The molecule has 8 nitrogen and oxygen atoms in total. The Morgan fingerprint density at radius 2 is 2.03 bits per heavy atom. The van der Waals surface area contributed by atoms with Crippen molar-refractivity contribution in [2.75, 3.05) is 32.6 Å². The predicted molar refractivity (Wildman–Crippen MR) is 123 cm³/mol. The van der Waals surface area contributed by atoms with E-state index in [4.69, 9.17) is 20.2 Å². The molecule has 2 heterocycles. The van der Waals surface area contributed by atoms with Crippen LogP contribution in [0.15, 0.2) is 12.1 Å². The van der Waals surface area contributed by atoms with E-state index in [-0.39, 0.29) is 11.8 Å². The molecule has 1 amide bonds. The number of H-pyrrole nitrogens is 1. The first-order chi connectivity index (χ1) is 14.9. The minimum Gasteiger partial charge on any atom is -0.493 e. The molecule has 0 saturated carbocycles. The molecule has 0 saturated heterocycles. The number of aromatic amines is 1. The van der Waals surface area contributed by atoms with Crippen molar-refractivity contribution in [3.05, 3.63) is 23.5 Å². The molecule has 0 radical (unpaired) electrons. The van der Waals surface area contributed by atoms with Crippen molar-refractivity contribution in [1.29, 1.82) is 0 Å². The Morgan fingerprint density at radius 3 is 2.74 bits per heavy atom. The number of anilines is 1. The van der Waals surface area contributed by atoms with Crippen LogP contribution in [0.4, 0.5) is 5.82 Å². The minimum absolute atomic E-state index is 0.0107. The molecule has 0 unspecified atom stereocenters. The van der Waals surface area contributed by atoms with Gasteiger partial charge in [0.2, 0.25) is 5.91 Å². The van der Waals surface area contributed by atoms with Crippen LogP contribution in [0, 0.1) is 5.92 Å². The second kappa shape index (κ2) is 10.4. The molecule has 0 spiro atoms. The monoisotopic (exact) mass is 427 g/mol. The van der Waals surface area contributed by atoms with Crippen LogP contribution >= 0.6 is 0 Å². The zero-order chi connectivity index (χ0) is 22.4. The van der Waals surface area contributed by atoms with E-state index in [1.807, 2.05) is 19.9 Å². The van der Waals surface area contributed by atoms with Gasteiger partial charge < -0.3 is 25.5 Å². The number of benzene rings is 1. The van der Waals surface area contributed by atoms with Gasteiger partial charge in [0.15, 0.2) is 0 Å². The van der Waals surface area contributed by atoms with Crippen LogP contribution in [0.2, 0.25) is 0 Å². The topological polar surface area (TPSA) is 115 Å². The number of amides is 1. The summed E-state index contributed by atoms with van der Waals surface area (Å²) in [6, 6.07) is 3.99. The van der Waals surface area contributed by atoms with E-state index in [9.17, 15) is 4.79 Å². The quantitative estimate of drug-likeness (QED) is 0.404. The summed E-state index contributed by atoms with van der Waals surface area (Å²) in [7, 11) is 1.67. The SMILES string of the molecule is CCCc1cc(OCCCNC(=O)C(C)C)cc2nc(N)c3[nH]c(CCOC)nc3c12. The fourth-order valence-electron chi connectivity index (χ4n) is 3.54. The van der Waals surface area contributed by atoms with Crippen molar-refractivity contribution in [3.8, 4) is 5.75 Å². The van der Waals surface area contributed by atoms with Crippen LogP contribution < -0.4 is 15.8 Å². The molecular weight excluding hydrogens is 394 g/mol. The van der Waals surface area contributed by atoms with Gasteiger partial charge in [0.05, 0.1) is 18.7 Å². The number of methoxy groups -OCH3 is 1. The molecule has 3 rings (SSSR count). The summed E-state index contributed by atoms with van der Waals surface area (Å²) in [5.74, 6) is 2.07. The molecule has 1 aromatic carbocycles. The molecule has 0 aliphatic carbocycles. The Balaban J connectivity index is 1.84. The summed E-state index contributed by atoms with van der Waals surface area (Å²) in [5.41, 5.74) is 9.78. The number of fused-ring (bicyclic) bond motifs is 3. The summed E-state index contributed by atoms with van der Waals surface area (Å²) in [5, 5.41) is 3.92. The molecule has 0 aliphatic rings. The van der Waals surface area contributed by atoms with Gasteiger partial charge in [-0.25, -0.2) is 9.97 Å². The third-order valence-corrected chi connectivity index (χ3v) is 5.14. The van der Waals surface area contributed by atoms with Gasteiger partial charge >= 0.3 is 0 Å². The average Bonchev–Trinajstić information content (AvgIpc) is 3.16. The number of aromatic nitrogens is 3.